The molecule has 1 saturated heterocycles. The summed E-state index contributed by atoms with van der Waals surface area (Å²) in [5.41, 5.74) is 18.0. The van der Waals surface area contributed by atoms with E-state index < -0.39 is 37.2 Å². The van der Waals surface area contributed by atoms with Gasteiger partial charge in [-0.15, -0.1) is 0 Å². The Balaban J connectivity index is 2.08. The van der Waals surface area contributed by atoms with E-state index in [-0.39, 0.29) is 13.2 Å². The van der Waals surface area contributed by atoms with Crippen molar-refractivity contribution >= 4 is 11.9 Å². The van der Waals surface area contributed by atoms with Gasteiger partial charge in [0.2, 0.25) is 0 Å². The first-order valence-corrected chi connectivity index (χ1v) is 8.30. The Kier molecular flexibility index (Phi) is 8.57. The number of carbonyl (C=O) groups excluding carboxylic acids is 2. The van der Waals surface area contributed by atoms with Crippen molar-refractivity contribution in [1.82, 2.24) is 0 Å². The standard InChI is InChI=1S/C16H18N6O6/c17-21-19-7-14(23)27-9-13(10-28-15(24)8-20-22-18)11-2-1-3-12(6-11)16-25-4-5-26-16/h1-3,6,13,16H,4-5,7-10H2. The molecule has 1 aromatic carbocycles. The SMILES string of the molecule is [N-]=[N+]=NCC(=O)OCC(COC(=O)CN=[N+]=[N-])c1cccc(C2OCCO2)c1. The molecule has 0 amide bonds. The number of benzene rings is 1. The molecule has 0 atom stereocenters. The highest BCUT2D eigenvalue weighted by Gasteiger charge is 2.22. The first kappa shape index (κ1) is 21.0. The fourth-order valence-electron chi connectivity index (χ4n) is 2.41. The lowest BCUT2D eigenvalue weighted by molar-refractivity contribution is -0.145. The average Bonchev–Trinajstić information content (AvgIpc) is 3.25. The molecule has 0 aromatic heterocycles. The molecule has 12 nitrogen and oxygen atoms in total. The van der Waals surface area contributed by atoms with Gasteiger partial charge in [-0.1, -0.05) is 34.5 Å². The third-order valence-electron chi connectivity index (χ3n) is 3.69. The lowest BCUT2D eigenvalue weighted by Crippen LogP contribution is -2.21. The van der Waals surface area contributed by atoms with Crippen molar-refractivity contribution in [2.45, 2.75) is 12.2 Å². The molecule has 0 bridgehead atoms. The molecule has 0 radical (unpaired) electrons. The van der Waals surface area contributed by atoms with Crippen molar-refractivity contribution in [3.63, 3.8) is 0 Å². The minimum Gasteiger partial charge on any atom is -0.465 e. The monoisotopic (exact) mass is 390 g/mol. The predicted molar refractivity (Wildman–Crippen MR) is 93.8 cm³/mol. The fourth-order valence-corrected chi connectivity index (χ4v) is 2.41. The van der Waals surface area contributed by atoms with Gasteiger partial charge in [-0.05, 0) is 16.6 Å². The van der Waals surface area contributed by atoms with Gasteiger partial charge in [0.25, 0.3) is 0 Å². The van der Waals surface area contributed by atoms with Crippen molar-refractivity contribution in [3.05, 3.63) is 56.3 Å². The molecule has 0 spiro atoms. The van der Waals surface area contributed by atoms with E-state index >= 15 is 0 Å². The van der Waals surface area contributed by atoms with E-state index in [1.165, 1.54) is 0 Å². The minimum absolute atomic E-state index is 0.107. The molecular weight excluding hydrogens is 372 g/mol. The van der Waals surface area contributed by atoms with Crippen LogP contribution in [0.4, 0.5) is 0 Å². The van der Waals surface area contributed by atoms with E-state index in [1.54, 1.807) is 12.1 Å². The summed E-state index contributed by atoms with van der Waals surface area (Å²) in [6.45, 7) is -0.110. The Morgan fingerprint density at radius 1 is 1.07 bits per heavy atom. The molecule has 1 aromatic rings. The summed E-state index contributed by atoms with van der Waals surface area (Å²) in [6, 6.07) is 7.21. The van der Waals surface area contributed by atoms with Gasteiger partial charge in [-0.25, -0.2) is 0 Å². The summed E-state index contributed by atoms with van der Waals surface area (Å²) in [5.74, 6) is -1.91. The highest BCUT2D eigenvalue weighted by atomic mass is 16.7. The van der Waals surface area contributed by atoms with Crippen molar-refractivity contribution in [1.29, 1.82) is 0 Å². The number of esters is 2. The van der Waals surface area contributed by atoms with Gasteiger partial charge in [-0.2, -0.15) is 0 Å². The van der Waals surface area contributed by atoms with Crippen molar-refractivity contribution in [3.8, 4) is 0 Å². The van der Waals surface area contributed by atoms with Crippen LogP contribution in [0.3, 0.4) is 0 Å². The van der Waals surface area contributed by atoms with Crippen molar-refractivity contribution in [2.24, 2.45) is 10.2 Å². The maximum atomic E-state index is 11.6. The Bertz CT molecular complexity index is 748. The zero-order valence-electron chi connectivity index (χ0n) is 14.8. The van der Waals surface area contributed by atoms with E-state index in [4.69, 9.17) is 30.0 Å². The Labute approximate surface area is 159 Å². The number of ether oxygens (including phenoxy) is 4. The van der Waals surface area contributed by atoms with Gasteiger partial charge in [-0.3, -0.25) is 9.59 Å². The second kappa shape index (κ2) is 11.4. The van der Waals surface area contributed by atoms with E-state index in [9.17, 15) is 9.59 Å². The van der Waals surface area contributed by atoms with E-state index in [0.717, 1.165) is 11.1 Å². The lowest BCUT2D eigenvalue weighted by atomic mass is 9.98. The molecule has 1 fully saturated rings. The summed E-state index contributed by atoms with van der Waals surface area (Å²) in [6.07, 6.45) is -0.486. The summed E-state index contributed by atoms with van der Waals surface area (Å²) in [7, 11) is 0. The number of azide groups is 2. The zero-order valence-corrected chi connectivity index (χ0v) is 14.8. The van der Waals surface area contributed by atoms with Gasteiger partial charge in [0.05, 0.1) is 19.1 Å². The molecule has 1 heterocycles. The van der Waals surface area contributed by atoms with E-state index in [2.05, 4.69) is 20.1 Å². The molecular formula is C16H18N6O6. The second-order valence-electron chi connectivity index (χ2n) is 5.58. The summed E-state index contributed by atoms with van der Waals surface area (Å²) in [5, 5.41) is 6.28. The van der Waals surface area contributed by atoms with Crippen LogP contribution in [-0.2, 0) is 28.5 Å². The predicted octanol–water partition coefficient (Wildman–Crippen LogP) is 2.52. The quantitative estimate of drug-likeness (QED) is 0.257. The average molecular weight is 390 g/mol. The van der Waals surface area contributed by atoms with Crippen LogP contribution < -0.4 is 0 Å². The summed E-state index contributed by atoms with van der Waals surface area (Å²) >= 11 is 0. The van der Waals surface area contributed by atoms with Crippen LogP contribution in [0.1, 0.15) is 23.3 Å². The second-order valence-corrected chi connectivity index (χ2v) is 5.58. The van der Waals surface area contributed by atoms with E-state index in [0.29, 0.717) is 13.2 Å². The molecule has 0 saturated carbocycles. The van der Waals surface area contributed by atoms with Crippen LogP contribution in [0.25, 0.3) is 20.9 Å². The third kappa shape index (κ3) is 6.78. The topological polar surface area (TPSA) is 169 Å². The fraction of sp³-hybridized carbons (Fsp3) is 0.500. The molecule has 0 aliphatic carbocycles. The molecule has 148 valence electrons. The van der Waals surface area contributed by atoms with Crippen LogP contribution in [-0.4, -0.2) is 51.5 Å². The number of nitrogens with zero attached hydrogens (tertiary/aromatic N) is 6. The summed E-state index contributed by atoms with van der Waals surface area (Å²) in [4.78, 5) is 28.2. The summed E-state index contributed by atoms with van der Waals surface area (Å²) < 4.78 is 21.1. The molecule has 28 heavy (non-hydrogen) atoms. The van der Waals surface area contributed by atoms with Crippen molar-refractivity contribution < 1.29 is 28.5 Å². The molecule has 1 aliphatic heterocycles. The van der Waals surface area contributed by atoms with Crippen LogP contribution in [0, 0.1) is 0 Å². The maximum absolute atomic E-state index is 11.6. The zero-order chi connectivity index (χ0) is 20.2. The molecule has 2 rings (SSSR count). The van der Waals surface area contributed by atoms with Gasteiger partial charge >= 0.3 is 11.9 Å². The van der Waals surface area contributed by atoms with Crippen LogP contribution in [0.2, 0.25) is 0 Å². The number of rotatable bonds is 10. The highest BCUT2D eigenvalue weighted by Crippen LogP contribution is 2.27. The number of hydrogen-bond acceptors (Lipinski definition) is 8. The normalized spacial score (nSPS) is 14.4. The lowest BCUT2D eigenvalue weighted by Gasteiger charge is -2.19. The van der Waals surface area contributed by atoms with E-state index in [1.807, 2.05) is 12.1 Å². The molecule has 12 heteroatoms. The first-order valence-electron chi connectivity index (χ1n) is 8.30. The Morgan fingerprint density at radius 2 is 1.64 bits per heavy atom. The maximum Gasteiger partial charge on any atom is 0.311 e. The third-order valence-corrected chi connectivity index (χ3v) is 3.69. The molecule has 1 aliphatic rings. The molecule has 0 unspecified atom stereocenters. The smallest absolute Gasteiger partial charge is 0.311 e. The Hall–Kier alpha value is -3.30. The van der Waals surface area contributed by atoms with Gasteiger partial charge in [0, 0.05) is 15.4 Å². The van der Waals surface area contributed by atoms with Gasteiger partial charge in [0.15, 0.2) is 6.29 Å². The van der Waals surface area contributed by atoms with Crippen LogP contribution in [0.15, 0.2) is 34.5 Å². The first-order chi connectivity index (χ1) is 13.6. The minimum atomic E-state index is -0.707. The number of carbonyl (C=O) groups is 2. The largest absolute Gasteiger partial charge is 0.465 e. The van der Waals surface area contributed by atoms with Crippen molar-refractivity contribution in [2.75, 3.05) is 39.5 Å². The van der Waals surface area contributed by atoms with Crippen LogP contribution >= 0.6 is 0 Å². The van der Waals surface area contributed by atoms with Crippen LogP contribution in [0.5, 0.6) is 0 Å². The number of hydrogen-bond donors (Lipinski definition) is 0. The van der Waals surface area contributed by atoms with Gasteiger partial charge < -0.3 is 18.9 Å². The Morgan fingerprint density at radius 3 is 2.18 bits per heavy atom. The highest BCUT2D eigenvalue weighted by molar-refractivity contribution is 5.72. The van der Waals surface area contributed by atoms with Gasteiger partial charge in [0.1, 0.15) is 26.3 Å². The molecule has 0 N–H and O–H groups in total.